The Kier molecular flexibility index (Phi) is 0.452. The smallest absolute Gasteiger partial charge is 0.209 e. The lowest BCUT2D eigenvalue weighted by atomic mass is 11.0. The summed E-state index contributed by atoms with van der Waals surface area (Å²) in [6.07, 6.45) is 0.271. The Morgan fingerprint density at radius 3 is 2.80 bits per heavy atom. The maximum atomic E-state index is 9.72. The molecule has 0 rings (SSSR count). The van der Waals surface area contributed by atoms with Crippen molar-refractivity contribution in [3.63, 3.8) is 0 Å². The first kappa shape index (κ1) is 1.29. The van der Waals surface area contributed by atoms with Gasteiger partial charge in [-0.25, -0.2) is 0 Å². The molecule has 0 saturated carbocycles. The average molecular weight is 76.1 g/mol. The lowest BCUT2D eigenvalue weighted by Crippen LogP contribution is -2.06. The maximum Gasteiger partial charge on any atom is 0.209 e. The van der Waals surface area contributed by atoms with Crippen molar-refractivity contribution in [2.24, 2.45) is 0 Å². The van der Waals surface area contributed by atoms with Crippen molar-refractivity contribution in [3.8, 4) is 0 Å². The Labute approximate surface area is 35.6 Å². The summed E-state index contributed by atoms with van der Waals surface area (Å²) in [6.45, 7) is -2.28. The molecule has 0 aromatic rings. The molecule has 30 valence electrons. The molecule has 0 N–H and O–H groups in total. The van der Waals surface area contributed by atoms with Crippen LogP contribution in [0.15, 0.2) is 0 Å². The van der Waals surface area contributed by atoms with Crippen LogP contribution in [0.4, 0.5) is 0 Å². The molecule has 0 atom stereocenters. The van der Waals surface area contributed by atoms with E-state index in [1.165, 1.54) is 7.05 Å². The van der Waals surface area contributed by atoms with Gasteiger partial charge >= 0.3 is 0 Å². The third-order valence-corrected chi connectivity index (χ3v) is 0.158. The second-order valence-electron chi connectivity index (χ2n) is 0.716. The van der Waals surface area contributed by atoms with Crippen molar-refractivity contribution in [1.82, 2.24) is 4.90 Å². The number of carbonyl (C=O) groups is 1. The fraction of sp³-hybridized carbons (Fsp3) is 0.667. The Hall–Kier alpha value is -0.530. The molecule has 0 fully saturated rings. The summed E-state index contributed by atoms with van der Waals surface area (Å²) >= 11 is 0. The highest BCUT2D eigenvalue weighted by atomic mass is 16.1. The first-order valence-electron chi connectivity index (χ1n) is 2.66. The van der Waals surface area contributed by atoms with Gasteiger partial charge in [-0.2, -0.15) is 0 Å². The van der Waals surface area contributed by atoms with Gasteiger partial charge in [0.1, 0.15) is 0 Å². The van der Waals surface area contributed by atoms with Gasteiger partial charge < -0.3 is 4.90 Å². The Morgan fingerprint density at radius 1 is 2.20 bits per heavy atom. The molecular formula is C3H7NO. The molecular weight excluding hydrogens is 66.0 g/mol. The van der Waals surface area contributed by atoms with Crippen LogP contribution in [0, 0.1) is 0 Å². The van der Waals surface area contributed by atoms with Crippen molar-refractivity contribution in [2.75, 3.05) is 14.0 Å². The highest BCUT2D eigenvalue weighted by Crippen LogP contribution is 1.52. The van der Waals surface area contributed by atoms with E-state index in [1.807, 2.05) is 0 Å². The van der Waals surface area contributed by atoms with Gasteiger partial charge in [-0.1, -0.05) is 0 Å². The second-order valence-corrected chi connectivity index (χ2v) is 0.716. The Balaban J connectivity index is 3.80. The summed E-state index contributed by atoms with van der Waals surface area (Å²) in [5.41, 5.74) is 0. The quantitative estimate of drug-likeness (QED) is 0.393. The van der Waals surface area contributed by atoms with E-state index in [0.29, 0.717) is 4.90 Å². The summed E-state index contributed by atoms with van der Waals surface area (Å²) in [5, 5.41) is 0. The topological polar surface area (TPSA) is 20.3 Å². The summed E-state index contributed by atoms with van der Waals surface area (Å²) in [7, 11) is 1.21. The Morgan fingerprint density at radius 2 is 2.80 bits per heavy atom. The molecule has 0 aliphatic heterocycles. The van der Waals surface area contributed by atoms with Gasteiger partial charge in [-0.05, 0) is 0 Å². The van der Waals surface area contributed by atoms with E-state index in [-0.39, 0.29) is 6.41 Å². The minimum Gasteiger partial charge on any atom is -0.351 e. The zero-order chi connectivity index (χ0) is 6.78. The first-order valence-corrected chi connectivity index (χ1v) is 1.16. The van der Waals surface area contributed by atoms with Crippen LogP contribution in [0.3, 0.4) is 0 Å². The van der Waals surface area contributed by atoms with Gasteiger partial charge in [0.05, 0.1) is 0 Å². The second kappa shape index (κ2) is 1.76. The summed E-state index contributed by atoms with van der Waals surface area (Å²) < 4.78 is 19.7. The maximum absolute atomic E-state index is 9.72. The van der Waals surface area contributed by atoms with E-state index in [4.69, 9.17) is 4.11 Å². The standard InChI is InChI=1S/C3H7NO/c1-4(2)3-5/h3H,1-2H3/i1D3. The SMILES string of the molecule is [2H]C([2H])([2H])N(C)C=O. The van der Waals surface area contributed by atoms with Crippen LogP contribution in [0.25, 0.3) is 0 Å². The van der Waals surface area contributed by atoms with Crippen LogP contribution in [-0.4, -0.2) is 25.3 Å². The van der Waals surface area contributed by atoms with E-state index >= 15 is 0 Å². The molecule has 2 nitrogen and oxygen atoms in total. The predicted molar refractivity (Wildman–Crippen MR) is 19.8 cm³/mol. The van der Waals surface area contributed by atoms with E-state index in [9.17, 15) is 4.79 Å². The summed E-state index contributed by atoms with van der Waals surface area (Å²) in [6, 6.07) is 0. The number of rotatable bonds is 1. The Bertz CT molecular complexity index is 89.0. The molecule has 0 aliphatic rings. The first-order chi connectivity index (χ1) is 3.48. The summed E-state index contributed by atoms with van der Waals surface area (Å²) in [5.74, 6) is 0. The van der Waals surface area contributed by atoms with Crippen molar-refractivity contribution >= 4 is 6.41 Å². The van der Waals surface area contributed by atoms with Gasteiger partial charge in [-0.15, -0.1) is 0 Å². The number of hydrogen-bond acceptors (Lipinski definition) is 1. The fourth-order valence-electron chi connectivity index (χ4n) is 0. The van der Waals surface area contributed by atoms with E-state index < -0.39 is 6.98 Å². The van der Waals surface area contributed by atoms with Crippen LogP contribution >= 0.6 is 0 Å². The van der Waals surface area contributed by atoms with Gasteiger partial charge in [0.25, 0.3) is 0 Å². The van der Waals surface area contributed by atoms with Crippen LogP contribution in [0.2, 0.25) is 0 Å². The average Bonchev–Trinajstić information content (AvgIpc) is 1.62. The third kappa shape index (κ3) is 3.47. The van der Waals surface area contributed by atoms with Crippen molar-refractivity contribution in [3.05, 3.63) is 0 Å². The molecule has 0 unspecified atom stereocenters. The highest BCUT2D eigenvalue weighted by Gasteiger charge is 1.68. The largest absolute Gasteiger partial charge is 0.351 e. The molecule has 0 radical (unpaired) electrons. The van der Waals surface area contributed by atoms with Crippen molar-refractivity contribution < 1.29 is 8.91 Å². The van der Waals surface area contributed by atoms with E-state index in [0.717, 1.165) is 0 Å². The van der Waals surface area contributed by atoms with Gasteiger partial charge in [0.2, 0.25) is 6.41 Å². The molecule has 0 aromatic carbocycles. The minimum atomic E-state index is -2.28. The molecule has 0 aromatic heterocycles. The van der Waals surface area contributed by atoms with Crippen molar-refractivity contribution in [1.29, 1.82) is 0 Å². The van der Waals surface area contributed by atoms with Crippen LogP contribution in [0.1, 0.15) is 4.11 Å². The number of nitrogens with zero attached hydrogens (tertiary/aromatic N) is 1. The number of carbonyl (C=O) groups excluding carboxylic acids is 1. The molecule has 2 heteroatoms. The van der Waals surface area contributed by atoms with Crippen LogP contribution in [-0.2, 0) is 4.79 Å². The van der Waals surface area contributed by atoms with Gasteiger partial charge in [0.15, 0.2) is 0 Å². The number of amides is 1. The zero-order valence-electron chi connectivity index (χ0n) is 5.93. The zero-order valence-corrected chi connectivity index (χ0v) is 2.93. The molecule has 0 aliphatic carbocycles. The van der Waals surface area contributed by atoms with Crippen LogP contribution in [0.5, 0.6) is 0 Å². The normalized spacial score (nSPS) is 18.2. The molecule has 0 saturated heterocycles. The lowest BCUT2D eigenvalue weighted by Gasteiger charge is -1.93. The third-order valence-electron chi connectivity index (χ3n) is 0.158. The molecule has 0 heterocycles. The van der Waals surface area contributed by atoms with Crippen LogP contribution < -0.4 is 0 Å². The highest BCUT2D eigenvalue weighted by molar-refractivity contribution is 5.45. The predicted octanol–water partition coefficient (Wildman–Crippen LogP) is -0.296. The molecule has 1 amide bonds. The fourth-order valence-corrected chi connectivity index (χ4v) is 0. The minimum absolute atomic E-state index is 0.271. The monoisotopic (exact) mass is 76.1 g/mol. The summed E-state index contributed by atoms with van der Waals surface area (Å²) in [4.78, 5) is 10.3. The van der Waals surface area contributed by atoms with E-state index in [1.54, 1.807) is 0 Å². The van der Waals surface area contributed by atoms with E-state index in [2.05, 4.69) is 0 Å². The molecule has 0 bridgehead atoms. The molecule has 5 heavy (non-hydrogen) atoms. The number of hydrogen-bond donors (Lipinski definition) is 0. The van der Waals surface area contributed by atoms with Crippen molar-refractivity contribution in [2.45, 2.75) is 0 Å². The lowest BCUT2D eigenvalue weighted by molar-refractivity contribution is -0.115. The van der Waals surface area contributed by atoms with Gasteiger partial charge in [0, 0.05) is 18.1 Å². The van der Waals surface area contributed by atoms with Gasteiger partial charge in [-0.3, -0.25) is 4.79 Å². The molecule has 0 spiro atoms.